The summed E-state index contributed by atoms with van der Waals surface area (Å²) in [6.07, 6.45) is 1.34. The number of hydrogen-bond donors (Lipinski definition) is 2. The normalized spacial score (nSPS) is 21.1. The average Bonchev–Trinajstić information content (AvgIpc) is 2.98. The van der Waals surface area contributed by atoms with Gasteiger partial charge in [-0.2, -0.15) is 0 Å². The summed E-state index contributed by atoms with van der Waals surface area (Å²) < 4.78 is 22.9. The predicted octanol–water partition coefficient (Wildman–Crippen LogP) is 0.813. The fourth-order valence-corrected chi connectivity index (χ4v) is 3.61. The minimum Gasteiger partial charge on any atom is -0.491 e. The zero-order chi connectivity index (χ0) is 15.1. The van der Waals surface area contributed by atoms with Crippen LogP contribution in [-0.2, 0) is 22.1 Å². The van der Waals surface area contributed by atoms with Crippen molar-refractivity contribution in [1.82, 2.24) is 0 Å². The van der Waals surface area contributed by atoms with E-state index < -0.39 is 16.9 Å². The molecular formula is C15H23NO4S. The van der Waals surface area contributed by atoms with Gasteiger partial charge in [0.2, 0.25) is 0 Å². The standard InChI is InChI=1S/C15H23NO4S/c16-8-12-3-1-4-14(7-12)20-9-13(17)10-21(18)11-15-5-2-6-19-15/h1,3-4,7,13,15,17H,2,5-6,8-11,16H2. The second-order valence-electron chi connectivity index (χ2n) is 5.22. The summed E-state index contributed by atoms with van der Waals surface area (Å²) in [5.74, 6) is 1.39. The number of benzene rings is 1. The molecule has 0 aromatic heterocycles. The van der Waals surface area contributed by atoms with Crippen molar-refractivity contribution in [2.24, 2.45) is 5.73 Å². The number of nitrogens with two attached hydrogens (primary N) is 1. The second-order valence-corrected chi connectivity index (χ2v) is 6.77. The quantitative estimate of drug-likeness (QED) is 0.742. The first-order valence-corrected chi connectivity index (χ1v) is 8.72. The van der Waals surface area contributed by atoms with Crippen LogP contribution in [0.2, 0.25) is 0 Å². The number of aliphatic hydroxyl groups is 1. The van der Waals surface area contributed by atoms with E-state index in [1.807, 2.05) is 24.3 Å². The first-order chi connectivity index (χ1) is 10.2. The molecule has 1 aromatic carbocycles. The number of ether oxygens (including phenoxy) is 2. The molecule has 0 aliphatic carbocycles. The topological polar surface area (TPSA) is 81.8 Å². The smallest absolute Gasteiger partial charge is 0.119 e. The van der Waals surface area contributed by atoms with Crippen molar-refractivity contribution in [2.75, 3.05) is 24.7 Å². The van der Waals surface area contributed by atoms with Gasteiger partial charge in [0.25, 0.3) is 0 Å². The van der Waals surface area contributed by atoms with Crippen LogP contribution in [0.15, 0.2) is 24.3 Å². The average molecular weight is 313 g/mol. The van der Waals surface area contributed by atoms with Crippen molar-refractivity contribution in [3.8, 4) is 5.75 Å². The fourth-order valence-electron chi connectivity index (χ4n) is 2.27. The minimum atomic E-state index is -1.08. The van der Waals surface area contributed by atoms with Gasteiger partial charge in [-0.15, -0.1) is 0 Å². The molecule has 1 saturated heterocycles. The molecule has 1 aromatic rings. The first-order valence-electron chi connectivity index (χ1n) is 7.24. The lowest BCUT2D eigenvalue weighted by Crippen LogP contribution is -2.28. The van der Waals surface area contributed by atoms with Crippen molar-refractivity contribution in [2.45, 2.75) is 31.6 Å². The van der Waals surface area contributed by atoms with Crippen LogP contribution in [0.5, 0.6) is 5.75 Å². The van der Waals surface area contributed by atoms with E-state index in [0.29, 0.717) is 18.0 Å². The Kier molecular flexibility index (Phi) is 6.63. The van der Waals surface area contributed by atoms with Crippen molar-refractivity contribution in [1.29, 1.82) is 0 Å². The van der Waals surface area contributed by atoms with E-state index in [4.69, 9.17) is 15.2 Å². The van der Waals surface area contributed by atoms with E-state index in [9.17, 15) is 9.32 Å². The third-order valence-corrected chi connectivity index (χ3v) is 4.85. The molecule has 3 N–H and O–H groups in total. The summed E-state index contributed by atoms with van der Waals surface area (Å²) in [6.45, 7) is 1.33. The SMILES string of the molecule is NCc1cccc(OCC(O)CS(=O)CC2CCCO2)c1. The Morgan fingerprint density at radius 3 is 3.10 bits per heavy atom. The lowest BCUT2D eigenvalue weighted by atomic mass is 10.2. The van der Waals surface area contributed by atoms with Gasteiger partial charge in [0.05, 0.1) is 18.0 Å². The van der Waals surface area contributed by atoms with Gasteiger partial charge in [0.15, 0.2) is 0 Å². The summed E-state index contributed by atoms with van der Waals surface area (Å²) in [4.78, 5) is 0. The van der Waals surface area contributed by atoms with Gasteiger partial charge in [-0.3, -0.25) is 4.21 Å². The fraction of sp³-hybridized carbons (Fsp3) is 0.600. The molecule has 0 radical (unpaired) electrons. The first kappa shape index (κ1) is 16.4. The Bertz CT molecular complexity index is 463. The van der Waals surface area contributed by atoms with Crippen LogP contribution < -0.4 is 10.5 Å². The molecule has 0 saturated carbocycles. The predicted molar refractivity (Wildman–Crippen MR) is 82.7 cm³/mol. The molecule has 2 rings (SSSR count). The van der Waals surface area contributed by atoms with E-state index in [0.717, 1.165) is 25.0 Å². The van der Waals surface area contributed by atoms with Crippen molar-refractivity contribution in [3.05, 3.63) is 29.8 Å². The molecule has 1 heterocycles. The number of hydrogen-bond acceptors (Lipinski definition) is 5. The third kappa shape index (κ3) is 5.74. The van der Waals surface area contributed by atoms with Gasteiger partial charge in [-0.25, -0.2) is 0 Å². The van der Waals surface area contributed by atoms with E-state index in [2.05, 4.69) is 0 Å². The Morgan fingerprint density at radius 1 is 1.52 bits per heavy atom. The molecule has 3 unspecified atom stereocenters. The van der Waals surface area contributed by atoms with Crippen LogP contribution in [-0.4, -0.2) is 46.2 Å². The van der Waals surface area contributed by atoms with Crippen LogP contribution in [0, 0.1) is 0 Å². The molecule has 118 valence electrons. The maximum Gasteiger partial charge on any atom is 0.119 e. The van der Waals surface area contributed by atoms with Crippen LogP contribution in [0.25, 0.3) is 0 Å². The molecule has 6 heteroatoms. The molecule has 1 fully saturated rings. The summed E-state index contributed by atoms with van der Waals surface area (Å²) in [5.41, 5.74) is 6.54. The molecule has 0 bridgehead atoms. The van der Waals surface area contributed by atoms with Gasteiger partial charge in [0.1, 0.15) is 12.4 Å². The molecular weight excluding hydrogens is 290 g/mol. The van der Waals surface area contributed by atoms with Crippen LogP contribution in [0.3, 0.4) is 0 Å². The summed E-state index contributed by atoms with van der Waals surface area (Å²) >= 11 is 0. The van der Waals surface area contributed by atoms with Gasteiger partial charge in [0, 0.05) is 29.7 Å². The highest BCUT2D eigenvalue weighted by Crippen LogP contribution is 2.15. The molecule has 1 aliphatic rings. The lowest BCUT2D eigenvalue weighted by molar-refractivity contribution is 0.122. The van der Waals surface area contributed by atoms with E-state index in [1.54, 1.807) is 0 Å². The zero-order valence-electron chi connectivity index (χ0n) is 12.1. The van der Waals surface area contributed by atoms with Crippen LogP contribution in [0.1, 0.15) is 18.4 Å². The highest BCUT2D eigenvalue weighted by molar-refractivity contribution is 7.85. The van der Waals surface area contributed by atoms with Crippen LogP contribution >= 0.6 is 0 Å². The largest absolute Gasteiger partial charge is 0.491 e. The zero-order valence-corrected chi connectivity index (χ0v) is 12.9. The molecule has 0 amide bonds. The van der Waals surface area contributed by atoms with Crippen molar-refractivity contribution in [3.63, 3.8) is 0 Å². The lowest BCUT2D eigenvalue weighted by Gasteiger charge is -2.14. The molecule has 0 spiro atoms. The van der Waals surface area contributed by atoms with Crippen molar-refractivity contribution < 1.29 is 18.8 Å². The highest BCUT2D eigenvalue weighted by atomic mass is 32.2. The molecule has 5 nitrogen and oxygen atoms in total. The summed E-state index contributed by atoms with van der Waals surface area (Å²) in [7, 11) is -1.08. The van der Waals surface area contributed by atoms with E-state index in [-0.39, 0.29) is 18.5 Å². The monoisotopic (exact) mass is 313 g/mol. The second kappa shape index (κ2) is 8.48. The Balaban J connectivity index is 1.70. The number of aliphatic hydroxyl groups excluding tert-OH is 1. The van der Waals surface area contributed by atoms with Gasteiger partial charge in [-0.05, 0) is 30.5 Å². The highest BCUT2D eigenvalue weighted by Gasteiger charge is 2.20. The Hall–Kier alpha value is -0.950. The van der Waals surface area contributed by atoms with Gasteiger partial charge in [-0.1, -0.05) is 12.1 Å². The Labute approximate surface area is 127 Å². The van der Waals surface area contributed by atoms with Gasteiger partial charge < -0.3 is 20.3 Å². The molecule has 21 heavy (non-hydrogen) atoms. The maximum atomic E-state index is 11.9. The number of rotatable bonds is 8. The Morgan fingerprint density at radius 2 is 2.38 bits per heavy atom. The maximum absolute atomic E-state index is 11.9. The van der Waals surface area contributed by atoms with E-state index >= 15 is 0 Å². The van der Waals surface area contributed by atoms with E-state index in [1.165, 1.54) is 0 Å². The summed E-state index contributed by atoms with van der Waals surface area (Å²) in [5, 5.41) is 9.90. The molecule has 3 atom stereocenters. The third-order valence-electron chi connectivity index (χ3n) is 3.35. The van der Waals surface area contributed by atoms with Crippen LogP contribution in [0.4, 0.5) is 0 Å². The van der Waals surface area contributed by atoms with Crippen molar-refractivity contribution >= 4 is 10.8 Å². The minimum absolute atomic E-state index is 0.0835. The van der Waals surface area contributed by atoms with Gasteiger partial charge >= 0.3 is 0 Å². The molecule has 1 aliphatic heterocycles. The summed E-state index contributed by atoms with van der Waals surface area (Å²) in [6, 6.07) is 7.44.